The molecule has 0 aromatic heterocycles. The van der Waals surface area contributed by atoms with E-state index in [1.807, 2.05) is 13.8 Å². The second-order valence-corrected chi connectivity index (χ2v) is 7.93. The molecule has 0 bridgehead atoms. The Kier molecular flexibility index (Phi) is 10.5. The highest BCUT2D eigenvalue weighted by molar-refractivity contribution is 7.96. The van der Waals surface area contributed by atoms with Gasteiger partial charge in [-0.05, 0) is 27.7 Å². The third-order valence-corrected chi connectivity index (χ3v) is 4.33. The van der Waals surface area contributed by atoms with Gasteiger partial charge in [-0.2, -0.15) is 0 Å². The maximum absolute atomic E-state index is 11.6. The fourth-order valence-corrected chi connectivity index (χ4v) is 3.26. The van der Waals surface area contributed by atoms with Crippen molar-refractivity contribution < 1.29 is 23.7 Å². The van der Waals surface area contributed by atoms with E-state index < -0.39 is 19.8 Å². The predicted octanol–water partition coefficient (Wildman–Crippen LogP) is 4.86. The molecular weight excluding hydrogens is 383 g/mol. The van der Waals surface area contributed by atoms with Crippen LogP contribution in [0.15, 0.2) is 85.1 Å². The van der Waals surface area contributed by atoms with Gasteiger partial charge in [-0.15, -0.1) is 12.6 Å². The number of hydrogen-bond acceptors (Lipinski definition) is 3. The van der Waals surface area contributed by atoms with Crippen molar-refractivity contribution in [2.75, 3.05) is 6.61 Å². The van der Waals surface area contributed by atoms with Gasteiger partial charge in [-0.3, -0.25) is 9.32 Å². The number of carbonyl (C=O) groups excluding carboxylic acids is 1. The van der Waals surface area contributed by atoms with E-state index in [9.17, 15) is 9.36 Å². The summed E-state index contributed by atoms with van der Waals surface area (Å²) in [6, 6.07) is 0. The third kappa shape index (κ3) is 8.69. The lowest BCUT2D eigenvalue weighted by Gasteiger charge is -2.29. The van der Waals surface area contributed by atoms with Crippen molar-refractivity contribution in [3.05, 3.63) is 85.1 Å². The Balaban J connectivity index is 6.89. The number of allylic oxidation sites excluding steroid dienone is 8. The Morgan fingerprint density at radius 1 is 1.15 bits per heavy atom. The van der Waals surface area contributed by atoms with Crippen LogP contribution < -0.4 is 0 Å². The molecule has 148 valence electrons. The van der Waals surface area contributed by atoms with Crippen LogP contribution in [0.3, 0.4) is 0 Å². The fourth-order valence-electron chi connectivity index (χ4n) is 2.57. The van der Waals surface area contributed by atoms with Gasteiger partial charge in [0.05, 0.1) is 6.61 Å². The van der Waals surface area contributed by atoms with Crippen molar-refractivity contribution in [1.82, 2.24) is 0 Å². The lowest BCUT2D eigenvalue weighted by Crippen LogP contribution is -2.20. The number of carbonyl (C=O) groups is 1. The quantitative estimate of drug-likeness (QED) is 0.243. The van der Waals surface area contributed by atoms with Gasteiger partial charge in [-0.25, -0.2) is 4.57 Å². The molecule has 5 nitrogen and oxygen atoms in total. The average molecular weight is 410 g/mol. The molecule has 0 spiro atoms. The van der Waals surface area contributed by atoms with Crippen LogP contribution in [0.5, 0.6) is 0 Å². The molecule has 0 unspecified atom stereocenters. The first-order chi connectivity index (χ1) is 12.4. The fraction of sp³-hybridized carbons (Fsp3) is 0.250. The van der Waals surface area contributed by atoms with Gasteiger partial charge in [0, 0.05) is 6.42 Å². The summed E-state index contributed by atoms with van der Waals surface area (Å²) in [5, 5.41) is -0.325. The van der Waals surface area contributed by atoms with E-state index in [4.69, 9.17) is 14.3 Å². The highest BCUT2D eigenvalue weighted by Crippen LogP contribution is 2.41. The molecular formula is C20H27O5PS. The summed E-state index contributed by atoms with van der Waals surface area (Å²) in [6.45, 7) is 18.2. The minimum Gasteiger partial charge on any atom is -0.303 e. The Bertz CT molecular complexity index is 740. The van der Waals surface area contributed by atoms with Crippen molar-refractivity contribution in [3.8, 4) is 0 Å². The van der Waals surface area contributed by atoms with Crippen LogP contribution in [0.1, 0.15) is 20.3 Å². The molecule has 0 aromatic rings. The summed E-state index contributed by atoms with van der Waals surface area (Å²) < 4.78 is 16.1. The number of phosphoric ester groups is 1. The molecule has 0 saturated carbocycles. The van der Waals surface area contributed by atoms with Crippen molar-refractivity contribution in [2.45, 2.75) is 20.3 Å². The smallest absolute Gasteiger partial charge is 0.303 e. The van der Waals surface area contributed by atoms with E-state index in [0.29, 0.717) is 22.3 Å². The normalized spacial score (nSPS) is 12.9. The molecule has 0 aliphatic carbocycles. The first-order valence-electron chi connectivity index (χ1n) is 8.00. The largest absolute Gasteiger partial charge is 0.469 e. The molecule has 7 heteroatoms. The van der Waals surface area contributed by atoms with Gasteiger partial charge in [-0.1, -0.05) is 76.6 Å². The van der Waals surface area contributed by atoms with E-state index in [0.717, 1.165) is 0 Å². The molecule has 0 radical (unpaired) electrons. The summed E-state index contributed by atoms with van der Waals surface area (Å²) in [7, 11) is -4.73. The minimum absolute atomic E-state index is 0.0901. The van der Waals surface area contributed by atoms with Crippen molar-refractivity contribution in [3.63, 3.8) is 0 Å². The van der Waals surface area contributed by atoms with Gasteiger partial charge in [0.25, 0.3) is 0 Å². The van der Waals surface area contributed by atoms with Gasteiger partial charge in [0.15, 0.2) is 5.12 Å². The molecule has 27 heavy (non-hydrogen) atoms. The van der Waals surface area contributed by atoms with Gasteiger partial charge in [0.2, 0.25) is 0 Å². The van der Waals surface area contributed by atoms with Crippen LogP contribution in [-0.2, 0) is 13.9 Å². The van der Waals surface area contributed by atoms with Crippen molar-refractivity contribution in [2.24, 2.45) is 5.41 Å². The molecule has 0 atom stereocenters. The molecule has 0 fully saturated rings. The topological polar surface area (TPSA) is 83.8 Å². The SMILES string of the molecule is C=C/C=C\C(=C(C=C)C=C)/C(COP(=O)(O)O)=C(\C=C)C(C)(C)CC(=O)S. The second-order valence-electron chi connectivity index (χ2n) is 6.19. The lowest BCUT2D eigenvalue weighted by molar-refractivity contribution is -0.112. The van der Waals surface area contributed by atoms with E-state index >= 15 is 0 Å². The second kappa shape index (κ2) is 11.2. The number of hydrogen-bond donors (Lipinski definition) is 3. The standard InChI is InChI=1S/C20H27O5PS/c1-7-11-12-16(15(8-2)9-3)17(14-25-26(22,23)24)18(10-4)20(5,6)13-19(21)27/h7-12H,1-4,13-14H2,5-6H3,(H,21,27)(H2,22,23,24)/b12-11-,18-17+. The molecule has 0 aliphatic heterocycles. The van der Waals surface area contributed by atoms with Crippen LogP contribution in [-0.4, -0.2) is 21.5 Å². The van der Waals surface area contributed by atoms with E-state index in [2.05, 4.69) is 38.9 Å². The molecule has 0 saturated heterocycles. The summed E-state index contributed by atoms with van der Waals surface area (Å²) in [4.78, 5) is 29.9. The Hall–Kier alpha value is -1.69. The Labute approximate surface area is 166 Å². The zero-order valence-corrected chi connectivity index (χ0v) is 17.5. The Morgan fingerprint density at radius 3 is 2.07 bits per heavy atom. The van der Waals surface area contributed by atoms with Crippen molar-refractivity contribution in [1.29, 1.82) is 0 Å². The summed E-state index contributed by atoms with van der Waals surface area (Å²) in [5.74, 6) is 0. The maximum Gasteiger partial charge on any atom is 0.469 e. The summed E-state index contributed by atoms with van der Waals surface area (Å²) >= 11 is 3.85. The zero-order valence-electron chi connectivity index (χ0n) is 15.7. The van der Waals surface area contributed by atoms with Crippen LogP contribution in [0.25, 0.3) is 0 Å². The summed E-state index contributed by atoms with van der Waals surface area (Å²) in [5.41, 5.74) is 1.51. The van der Waals surface area contributed by atoms with E-state index in [1.54, 1.807) is 36.5 Å². The lowest BCUT2D eigenvalue weighted by atomic mass is 9.77. The van der Waals surface area contributed by atoms with Gasteiger partial charge < -0.3 is 9.79 Å². The number of rotatable bonds is 12. The van der Waals surface area contributed by atoms with Crippen molar-refractivity contribution >= 4 is 25.6 Å². The van der Waals surface area contributed by atoms with Crippen LogP contribution >= 0.6 is 20.5 Å². The van der Waals surface area contributed by atoms with Gasteiger partial charge >= 0.3 is 7.82 Å². The first kappa shape index (κ1) is 25.3. The maximum atomic E-state index is 11.6. The average Bonchev–Trinajstić information content (AvgIpc) is 2.53. The predicted molar refractivity (Wildman–Crippen MR) is 114 cm³/mol. The monoisotopic (exact) mass is 410 g/mol. The molecule has 0 amide bonds. The molecule has 0 heterocycles. The number of thiol groups is 1. The first-order valence-corrected chi connectivity index (χ1v) is 9.97. The van der Waals surface area contributed by atoms with Crippen LogP contribution in [0, 0.1) is 5.41 Å². The molecule has 0 rings (SSSR count). The van der Waals surface area contributed by atoms with Crippen LogP contribution in [0.4, 0.5) is 0 Å². The van der Waals surface area contributed by atoms with E-state index in [1.165, 1.54) is 0 Å². The molecule has 0 aliphatic rings. The molecule has 2 N–H and O–H groups in total. The minimum atomic E-state index is -4.73. The molecule has 0 aromatic carbocycles. The Morgan fingerprint density at radius 2 is 1.70 bits per heavy atom. The third-order valence-electron chi connectivity index (χ3n) is 3.70. The summed E-state index contributed by atoms with van der Waals surface area (Å²) in [6.07, 6.45) is 9.67. The number of phosphoric acid groups is 1. The highest BCUT2D eigenvalue weighted by Gasteiger charge is 2.29. The van der Waals surface area contributed by atoms with E-state index in [-0.39, 0.29) is 11.5 Å². The van der Waals surface area contributed by atoms with Gasteiger partial charge in [0.1, 0.15) is 0 Å². The highest BCUT2D eigenvalue weighted by atomic mass is 32.1. The zero-order chi connectivity index (χ0) is 21.3. The van der Waals surface area contributed by atoms with Crippen LogP contribution in [0.2, 0.25) is 0 Å².